The largest absolute Gasteiger partial charge is 0.295 e. The summed E-state index contributed by atoms with van der Waals surface area (Å²) < 4.78 is 0. The molecule has 0 aromatic rings. The summed E-state index contributed by atoms with van der Waals surface area (Å²) in [6.45, 7) is 4.85. The van der Waals surface area contributed by atoms with E-state index in [4.69, 9.17) is 0 Å². The van der Waals surface area contributed by atoms with E-state index in [9.17, 15) is 9.59 Å². The summed E-state index contributed by atoms with van der Waals surface area (Å²) in [6.07, 6.45) is 14.2. The molecule has 0 bridgehead atoms. The highest BCUT2D eigenvalue weighted by Gasteiger charge is 2.59. The van der Waals surface area contributed by atoms with Crippen molar-refractivity contribution in [2.75, 3.05) is 0 Å². The molecule has 6 atom stereocenters. The average molecular weight is 314 g/mol. The molecule has 0 unspecified atom stereocenters. The van der Waals surface area contributed by atoms with Crippen LogP contribution >= 0.6 is 0 Å². The van der Waals surface area contributed by atoms with Crippen molar-refractivity contribution in [3.05, 3.63) is 11.6 Å². The number of carbonyl (C=O) groups is 2. The minimum absolute atomic E-state index is 0.00190. The first-order valence-electron chi connectivity index (χ1n) is 9.69. The monoisotopic (exact) mass is 314 g/mol. The molecule has 2 heteroatoms. The Hall–Kier alpha value is -0.920. The number of ketones is 1. The standard InChI is InChI=1S/C21H30O2/c1-20-11-4-3-5-14(20)6-7-15-16-8-9-18(19(23)13-22)21(16,2)12-10-17(15)20/h5,13,15-18H,3-4,6-12H2,1-2H3/t15-,16-,17-,18+,20-,21-/m0/s1. The van der Waals surface area contributed by atoms with Crippen LogP contribution < -0.4 is 0 Å². The summed E-state index contributed by atoms with van der Waals surface area (Å²) in [5.41, 5.74) is 2.26. The van der Waals surface area contributed by atoms with Crippen molar-refractivity contribution in [3.8, 4) is 0 Å². The van der Waals surface area contributed by atoms with E-state index < -0.39 is 0 Å². The van der Waals surface area contributed by atoms with Gasteiger partial charge in [0.15, 0.2) is 12.1 Å². The van der Waals surface area contributed by atoms with E-state index in [1.54, 1.807) is 5.57 Å². The fourth-order valence-electron chi connectivity index (χ4n) is 7.30. The van der Waals surface area contributed by atoms with Gasteiger partial charge in [-0.2, -0.15) is 0 Å². The topological polar surface area (TPSA) is 34.1 Å². The van der Waals surface area contributed by atoms with E-state index in [2.05, 4.69) is 19.9 Å². The van der Waals surface area contributed by atoms with E-state index in [1.807, 2.05) is 0 Å². The lowest BCUT2D eigenvalue weighted by Crippen LogP contribution is -2.50. The Morgan fingerprint density at radius 3 is 2.74 bits per heavy atom. The highest BCUT2D eigenvalue weighted by atomic mass is 16.2. The molecule has 0 saturated heterocycles. The highest BCUT2D eigenvalue weighted by Crippen LogP contribution is 2.66. The van der Waals surface area contributed by atoms with E-state index in [1.165, 1.54) is 38.5 Å². The van der Waals surface area contributed by atoms with Crippen molar-refractivity contribution < 1.29 is 9.59 Å². The van der Waals surface area contributed by atoms with Gasteiger partial charge in [-0.3, -0.25) is 9.59 Å². The molecule has 3 saturated carbocycles. The molecule has 0 spiro atoms. The molecule has 126 valence electrons. The van der Waals surface area contributed by atoms with E-state index >= 15 is 0 Å². The van der Waals surface area contributed by atoms with Crippen LogP contribution in [0.3, 0.4) is 0 Å². The van der Waals surface area contributed by atoms with Crippen LogP contribution in [-0.4, -0.2) is 12.1 Å². The summed E-state index contributed by atoms with van der Waals surface area (Å²) in [4.78, 5) is 23.2. The van der Waals surface area contributed by atoms with Gasteiger partial charge in [0.25, 0.3) is 0 Å². The molecular weight excluding hydrogens is 284 g/mol. The van der Waals surface area contributed by atoms with Gasteiger partial charge < -0.3 is 0 Å². The fourth-order valence-corrected chi connectivity index (χ4v) is 7.30. The number of hydrogen-bond acceptors (Lipinski definition) is 2. The van der Waals surface area contributed by atoms with Gasteiger partial charge in [0.1, 0.15) is 0 Å². The van der Waals surface area contributed by atoms with Gasteiger partial charge in [-0.15, -0.1) is 0 Å². The van der Waals surface area contributed by atoms with E-state index in [0.717, 1.165) is 31.1 Å². The Morgan fingerprint density at radius 1 is 1.13 bits per heavy atom. The zero-order valence-corrected chi connectivity index (χ0v) is 14.6. The third-order valence-corrected chi connectivity index (χ3v) is 8.49. The number of aldehydes is 1. The maximum absolute atomic E-state index is 12.1. The van der Waals surface area contributed by atoms with Gasteiger partial charge in [0.2, 0.25) is 0 Å². The average Bonchev–Trinajstić information content (AvgIpc) is 2.91. The summed E-state index contributed by atoms with van der Waals surface area (Å²) in [5, 5.41) is 0. The smallest absolute Gasteiger partial charge is 0.198 e. The van der Waals surface area contributed by atoms with Gasteiger partial charge >= 0.3 is 0 Å². The molecule has 0 aromatic carbocycles. The van der Waals surface area contributed by atoms with Gasteiger partial charge in [0, 0.05) is 5.92 Å². The molecule has 3 fully saturated rings. The molecule has 4 aliphatic rings. The lowest BCUT2D eigenvalue weighted by Gasteiger charge is -2.58. The lowest BCUT2D eigenvalue weighted by atomic mass is 9.47. The molecule has 4 rings (SSSR count). The highest BCUT2D eigenvalue weighted by molar-refractivity contribution is 6.26. The van der Waals surface area contributed by atoms with E-state index in [0.29, 0.717) is 17.6 Å². The number of allylic oxidation sites excluding steroid dienone is 2. The van der Waals surface area contributed by atoms with Crippen LogP contribution in [0.15, 0.2) is 11.6 Å². The first-order valence-corrected chi connectivity index (χ1v) is 9.69. The zero-order chi connectivity index (χ0) is 16.2. The predicted molar refractivity (Wildman–Crippen MR) is 90.9 cm³/mol. The Bertz CT molecular complexity index is 562. The molecule has 4 aliphatic carbocycles. The molecule has 0 amide bonds. The molecule has 0 aromatic heterocycles. The summed E-state index contributed by atoms with van der Waals surface area (Å²) in [6, 6.07) is 0. The Balaban J connectivity index is 1.65. The summed E-state index contributed by atoms with van der Waals surface area (Å²) >= 11 is 0. The van der Waals surface area contributed by atoms with Crippen LogP contribution in [0.5, 0.6) is 0 Å². The lowest BCUT2D eigenvalue weighted by molar-refractivity contribution is -0.137. The van der Waals surface area contributed by atoms with Crippen LogP contribution in [-0.2, 0) is 9.59 Å². The Kier molecular flexibility index (Phi) is 3.59. The molecular formula is C21H30O2. The van der Waals surface area contributed by atoms with Crippen LogP contribution in [0, 0.1) is 34.5 Å². The van der Waals surface area contributed by atoms with Crippen molar-refractivity contribution >= 4 is 12.1 Å². The zero-order valence-electron chi connectivity index (χ0n) is 14.6. The second kappa shape index (κ2) is 5.29. The van der Waals surface area contributed by atoms with Gasteiger partial charge in [0.05, 0.1) is 0 Å². The van der Waals surface area contributed by atoms with Gasteiger partial charge in [-0.05, 0) is 86.4 Å². The number of carbonyl (C=O) groups excluding carboxylic acids is 2. The number of hydrogen-bond donors (Lipinski definition) is 0. The van der Waals surface area contributed by atoms with Crippen molar-refractivity contribution in [2.24, 2.45) is 34.5 Å². The molecule has 0 N–H and O–H groups in total. The van der Waals surface area contributed by atoms with Gasteiger partial charge in [-0.25, -0.2) is 0 Å². The number of fused-ring (bicyclic) bond motifs is 5. The maximum Gasteiger partial charge on any atom is 0.198 e. The number of rotatable bonds is 2. The molecule has 2 nitrogen and oxygen atoms in total. The first kappa shape index (κ1) is 15.6. The molecule has 23 heavy (non-hydrogen) atoms. The maximum atomic E-state index is 12.1. The Morgan fingerprint density at radius 2 is 1.96 bits per heavy atom. The minimum atomic E-state index is -0.131. The fraction of sp³-hybridized carbons (Fsp3) is 0.810. The third kappa shape index (κ3) is 2.06. The third-order valence-electron chi connectivity index (χ3n) is 8.49. The summed E-state index contributed by atoms with van der Waals surface area (Å²) in [5.74, 6) is 2.12. The van der Waals surface area contributed by atoms with Crippen molar-refractivity contribution in [1.82, 2.24) is 0 Å². The second-order valence-corrected chi connectivity index (χ2v) is 9.15. The first-order chi connectivity index (χ1) is 11.0. The number of Topliss-reactive ketones (excluding diaryl/α,β-unsaturated/α-hetero) is 1. The normalized spacial score (nSPS) is 48.7. The van der Waals surface area contributed by atoms with E-state index in [-0.39, 0.29) is 17.1 Å². The summed E-state index contributed by atoms with van der Waals surface area (Å²) in [7, 11) is 0. The molecule has 0 heterocycles. The van der Waals surface area contributed by atoms with Crippen molar-refractivity contribution in [3.63, 3.8) is 0 Å². The molecule has 0 aliphatic heterocycles. The van der Waals surface area contributed by atoms with Crippen molar-refractivity contribution in [1.29, 1.82) is 0 Å². The minimum Gasteiger partial charge on any atom is -0.295 e. The van der Waals surface area contributed by atoms with Crippen LogP contribution in [0.25, 0.3) is 0 Å². The predicted octanol–water partition coefficient (Wildman–Crippen LogP) is 4.72. The van der Waals surface area contributed by atoms with Gasteiger partial charge in [-0.1, -0.05) is 25.5 Å². The van der Waals surface area contributed by atoms with Crippen LogP contribution in [0.1, 0.15) is 71.6 Å². The van der Waals surface area contributed by atoms with Crippen molar-refractivity contribution in [2.45, 2.75) is 71.6 Å². The quantitative estimate of drug-likeness (QED) is 0.420. The Labute approximate surface area is 140 Å². The SMILES string of the molecule is C[C@]12CC[C@H]3[C@@H](CCC4=CCCC[C@@]43C)[C@@H]1CC[C@@H]2C(=O)C=O. The van der Waals surface area contributed by atoms with Crippen LogP contribution in [0.2, 0.25) is 0 Å². The van der Waals surface area contributed by atoms with Crippen LogP contribution in [0.4, 0.5) is 0 Å². The molecule has 0 radical (unpaired) electrons. The second-order valence-electron chi connectivity index (χ2n) is 9.15.